The zero-order valence-electron chi connectivity index (χ0n) is 23.0. The van der Waals surface area contributed by atoms with Crippen molar-refractivity contribution < 1.29 is 46.5 Å². The topological polar surface area (TPSA) is 217 Å². The zero-order valence-corrected chi connectivity index (χ0v) is 23.9. The minimum atomic E-state index is -4.37. The highest BCUT2D eigenvalue weighted by molar-refractivity contribution is 7.48. The van der Waals surface area contributed by atoms with Gasteiger partial charge in [-0.15, -0.1) is 0 Å². The second-order valence-electron chi connectivity index (χ2n) is 8.83. The number of methoxy groups -OCH3 is 3. The molecule has 0 unspecified atom stereocenters. The number of nitrogens with zero attached hydrogens (tertiary/aromatic N) is 4. The maximum Gasteiger partial charge on any atom is 0.509 e. The Morgan fingerprint density at radius 2 is 1.71 bits per heavy atom. The Morgan fingerprint density at radius 3 is 2.31 bits per heavy atom. The van der Waals surface area contributed by atoms with E-state index in [1.807, 2.05) is 0 Å². The summed E-state index contributed by atoms with van der Waals surface area (Å²) in [5, 5.41) is 5.68. The summed E-state index contributed by atoms with van der Waals surface area (Å²) in [7, 11) is 0.0319. The minimum Gasteiger partial charge on any atom is -0.493 e. The van der Waals surface area contributed by atoms with Crippen molar-refractivity contribution in [3.63, 3.8) is 0 Å². The average molecular weight is 610 g/mol. The number of nitrogens with two attached hydrogens (primary N) is 2. The lowest BCUT2D eigenvalue weighted by molar-refractivity contribution is -0.133. The lowest BCUT2D eigenvalue weighted by Gasteiger charge is -2.37. The van der Waals surface area contributed by atoms with Crippen molar-refractivity contribution in [2.45, 2.75) is 19.4 Å². The second kappa shape index (κ2) is 12.3. The number of phosphoric acid groups is 1. The van der Waals surface area contributed by atoms with Crippen molar-refractivity contribution in [2.75, 3.05) is 43.6 Å². The first-order valence-corrected chi connectivity index (χ1v) is 13.3. The number of nitrogens with one attached hydrogen (secondary N) is 2. The van der Waals surface area contributed by atoms with E-state index in [4.69, 9.17) is 35.3 Å². The van der Waals surface area contributed by atoms with Crippen LogP contribution in [-0.4, -0.2) is 54.5 Å². The van der Waals surface area contributed by atoms with Crippen LogP contribution in [0.1, 0.15) is 13.8 Å². The molecule has 0 fully saturated rings. The van der Waals surface area contributed by atoms with Crippen molar-refractivity contribution in [1.82, 2.24) is 15.0 Å². The smallest absolute Gasteiger partial charge is 0.493 e. The number of ether oxygens (including phenoxy) is 4. The van der Waals surface area contributed by atoms with Gasteiger partial charge in [0.2, 0.25) is 11.7 Å². The molecule has 1 aliphatic heterocycles. The Hall–Kier alpha value is -4.32. The van der Waals surface area contributed by atoms with Gasteiger partial charge in [-0.2, -0.15) is 14.2 Å². The number of fused-ring (bicyclic) bond motifs is 1. The summed E-state index contributed by atoms with van der Waals surface area (Å²) in [6, 6.07) is 6.18. The van der Waals surface area contributed by atoms with Gasteiger partial charge >= 0.3 is 7.82 Å². The lowest BCUT2D eigenvalue weighted by Crippen LogP contribution is -2.53. The first-order valence-electron chi connectivity index (χ1n) is 11.9. The molecule has 0 aliphatic carbocycles. The lowest BCUT2D eigenvalue weighted by atomic mass is 10.1. The van der Waals surface area contributed by atoms with Crippen molar-refractivity contribution in [3.05, 3.63) is 36.3 Å². The number of hydrogen-bond acceptors (Lipinski definition) is 16. The predicted octanol–water partition coefficient (Wildman–Crippen LogP) is 2.89. The van der Waals surface area contributed by atoms with Crippen molar-refractivity contribution >= 4 is 42.8 Å². The summed E-state index contributed by atoms with van der Waals surface area (Å²) < 4.78 is 62.0. The average Bonchev–Trinajstić information content (AvgIpc) is 2.98. The largest absolute Gasteiger partial charge is 0.509 e. The number of benzene rings is 1. The minimum absolute atomic E-state index is 0.0146. The molecule has 4 rings (SSSR count). The predicted molar refractivity (Wildman–Crippen MR) is 145 cm³/mol. The Labute approximate surface area is 238 Å². The summed E-state index contributed by atoms with van der Waals surface area (Å²) in [5.41, 5.74) is -0.890. The molecule has 2 aromatic heterocycles. The Bertz CT molecular complexity index is 1500. The van der Waals surface area contributed by atoms with Crippen LogP contribution in [0.5, 0.6) is 23.0 Å². The monoisotopic (exact) mass is 610 g/mol. The molecule has 1 aromatic carbocycles. The molecule has 0 spiro atoms. The normalized spacial score (nSPS) is 14.1. The van der Waals surface area contributed by atoms with Gasteiger partial charge in [-0.25, -0.2) is 30.7 Å². The number of amides is 1. The van der Waals surface area contributed by atoms with Gasteiger partial charge in [0.1, 0.15) is 12.5 Å². The fourth-order valence-corrected chi connectivity index (χ4v) is 4.20. The van der Waals surface area contributed by atoms with Crippen LogP contribution in [0.3, 0.4) is 0 Å². The highest BCUT2D eigenvalue weighted by atomic mass is 31.2. The number of hydrogen-bond donors (Lipinski definition) is 4. The molecule has 0 saturated carbocycles. The molecule has 3 aromatic rings. The number of anilines is 5. The molecule has 1 amide bonds. The Morgan fingerprint density at radius 1 is 1.05 bits per heavy atom. The fraction of sp³-hybridized carbons (Fsp3) is 0.304. The summed E-state index contributed by atoms with van der Waals surface area (Å²) in [6.45, 7) is 2.33. The standard InChI is InChI=1S/C23H28FN8O9P/c1-23(2)21(33)32(11-38-42(34,40-25)41-26)20-14(39-23)6-7-17(30-20)29-19-13(24)10-27-22(31-19)28-12-8-15(35-3)18(37-5)16(9-12)36-4/h6-10H,11,25-26H2,1-5H3,(H2,27,28,29,30,31). The molecule has 226 valence electrons. The van der Waals surface area contributed by atoms with Crippen LogP contribution in [-0.2, 0) is 23.1 Å². The third-order valence-corrected chi connectivity index (χ3v) is 6.68. The molecule has 3 heterocycles. The maximum absolute atomic E-state index is 14.7. The summed E-state index contributed by atoms with van der Waals surface area (Å²) in [4.78, 5) is 26.6. The number of pyridine rings is 1. The third-order valence-electron chi connectivity index (χ3n) is 5.73. The van der Waals surface area contributed by atoms with Gasteiger partial charge in [0.15, 0.2) is 40.3 Å². The second-order valence-corrected chi connectivity index (χ2v) is 10.4. The van der Waals surface area contributed by atoms with Crippen LogP contribution in [0, 0.1) is 5.82 Å². The first-order chi connectivity index (χ1) is 20.0. The van der Waals surface area contributed by atoms with Crippen molar-refractivity contribution in [1.29, 1.82) is 0 Å². The molecule has 17 nitrogen and oxygen atoms in total. The van der Waals surface area contributed by atoms with Gasteiger partial charge in [0.05, 0.1) is 27.5 Å². The Balaban J connectivity index is 1.62. The molecule has 0 bridgehead atoms. The number of halogens is 1. The molecule has 0 saturated heterocycles. The highest BCUT2D eigenvalue weighted by Crippen LogP contribution is 2.47. The molecular formula is C23H28FN8O9P. The van der Waals surface area contributed by atoms with Gasteiger partial charge in [-0.05, 0) is 26.0 Å². The van der Waals surface area contributed by atoms with Crippen LogP contribution >= 0.6 is 7.82 Å². The van der Waals surface area contributed by atoms with Crippen LogP contribution in [0.2, 0.25) is 0 Å². The van der Waals surface area contributed by atoms with Crippen LogP contribution in [0.4, 0.5) is 33.5 Å². The molecule has 0 radical (unpaired) electrons. The van der Waals surface area contributed by atoms with E-state index < -0.39 is 31.9 Å². The fourth-order valence-electron chi connectivity index (χ4n) is 3.77. The van der Waals surface area contributed by atoms with E-state index in [-0.39, 0.29) is 29.2 Å². The van der Waals surface area contributed by atoms with Crippen LogP contribution in [0.15, 0.2) is 30.5 Å². The number of carbonyl (C=O) groups excluding carboxylic acids is 1. The number of carbonyl (C=O) groups is 1. The quantitative estimate of drug-likeness (QED) is 0.171. The Kier molecular flexibility index (Phi) is 8.95. The summed E-state index contributed by atoms with van der Waals surface area (Å²) >= 11 is 0. The summed E-state index contributed by atoms with van der Waals surface area (Å²) in [6.07, 6.45) is 0.945. The van der Waals surface area contributed by atoms with Gasteiger partial charge < -0.3 is 29.6 Å². The third kappa shape index (κ3) is 6.28. The van der Waals surface area contributed by atoms with Crippen molar-refractivity contribution in [3.8, 4) is 23.0 Å². The van der Waals surface area contributed by atoms with Gasteiger partial charge in [-0.1, -0.05) is 0 Å². The molecule has 0 atom stereocenters. The molecular weight excluding hydrogens is 582 g/mol. The van der Waals surface area contributed by atoms with Crippen LogP contribution < -0.4 is 46.3 Å². The summed E-state index contributed by atoms with van der Waals surface area (Å²) in [5.74, 6) is 9.47. The SMILES string of the molecule is COc1cc(Nc2ncc(F)c(Nc3ccc4c(n3)N(COP(=O)(ON)ON)C(=O)C(C)(C)O4)n2)cc(OC)c1OC. The van der Waals surface area contributed by atoms with E-state index >= 15 is 0 Å². The first kappa shape index (κ1) is 30.6. The highest BCUT2D eigenvalue weighted by Gasteiger charge is 2.43. The van der Waals surface area contributed by atoms with Gasteiger partial charge in [0, 0.05) is 17.8 Å². The molecule has 42 heavy (non-hydrogen) atoms. The van der Waals surface area contributed by atoms with E-state index in [9.17, 15) is 13.8 Å². The van der Waals surface area contributed by atoms with Gasteiger partial charge in [0.25, 0.3) is 5.91 Å². The van der Waals surface area contributed by atoms with Crippen LogP contribution in [0.25, 0.3) is 0 Å². The van der Waals surface area contributed by atoms with E-state index in [0.29, 0.717) is 22.9 Å². The zero-order chi connectivity index (χ0) is 30.7. The molecule has 1 aliphatic rings. The van der Waals surface area contributed by atoms with Gasteiger partial charge in [-0.3, -0.25) is 14.2 Å². The van der Waals surface area contributed by atoms with E-state index in [1.165, 1.54) is 47.3 Å². The molecule has 19 heteroatoms. The van der Waals surface area contributed by atoms with E-state index in [2.05, 4.69) is 34.8 Å². The van der Waals surface area contributed by atoms with Crippen molar-refractivity contribution in [2.24, 2.45) is 11.8 Å². The molecule has 6 N–H and O–H groups in total. The number of rotatable bonds is 12. The maximum atomic E-state index is 14.7. The number of aromatic nitrogens is 3. The van der Waals surface area contributed by atoms with E-state index in [0.717, 1.165) is 11.1 Å². The van der Waals surface area contributed by atoms with E-state index in [1.54, 1.807) is 12.1 Å².